The lowest BCUT2D eigenvalue weighted by Crippen LogP contribution is -2.28. The molecular formula is C16H19Cl2N5O. The number of rotatable bonds is 7. The third kappa shape index (κ3) is 5.96. The summed E-state index contributed by atoms with van der Waals surface area (Å²) < 4.78 is 0. The van der Waals surface area contributed by atoms with Gasteiger partial charge in [-0.25, -0.2) is 0 Å². The number of amides is 1. The highest BCUT2D eigenvalue weighted by atomic mass is 35.5. The molecular weight excluding hydrogens is 349 g/mol. The molecule has 2 N–H and O–H groups in total. The zero-order valence-electron chi connectivity index (χ0n) is 13.5. The molecule has 1 aromatic carbocycles. The second-order valence-electron chi connectivity index (χ2n) is 5.50. The number of hydrogen-bond acceptors (Lipinski definition) is 5. The number of carbonyl (C=O) groups is 1. The van der Waals surface area contributed by atoms with Crippen LogP contribution in [-0.4, -0.2) is 48.2 Å². The van der Waals surface area contributed by atoms with Crippen molar-refractivity contribution in [3.63, 3.8) is 0 Å². The lowest BCUT2D eigenvalue weighted by molar-refractivity contribution is 0.0946. The van der Waals surface area contributed by atoms with Crippen LogP contribution in [0.4, 0.5) is 11.5 Å². The van der Waals surface area contributed by atoms with Gasteiger partial charge in [-0.2, -0.15) is 0 Å². The first-order valence-corrected chi connectivity index (χ1v) is 8.19. The average molecular weight is 368 g/mol. The van der Waals surface area contributed by atoms with E-state index in [1.807, 2.05) is 14.1 Å². The van der Waals surface area contributed by atoms with E-state index in [1.54, 1.807) is 30.3 Å². The molecule has 0 aliphatic rings. The van der Waals surface area contributed by atoms with Gasteiger partial charge in [0.2, 0.25) is 0 Å². The number of nitrogens with zero attached hydrogens (tertiary/aromatic N) is 3. The highest BCUT2D eigenvalue weighted by molar-refractivity contribution is 6.35. The van der Waals surface area contributed by atoms with Crippen LogP contribution in [0.3, 0.4) is 0 Å². The Bertz CT molecular complexity index is 671. The number of hydrogen-bond donors (Lipinski definition) is 2. The van der Waals surface area contributed by atoms with Crippen molar-refractivity contribution in [2.75, 3.05) is 32.5 Å². The van der Waals surface area contributed by atoms with E-state index in [4.69, 9.17) is 23.2 Å². The van der Waals surface area contributed by atoms with Crippen LogP contribution in [0.25, 0.3) is 0 Å². The fourth-order valence-corrected chi connectivity index (χ4v) is 2.51. The molecule has 1 amide bonds. The zero-order chi connectivity index (χ0) is 17.5. The summed E-state index contributed by atoms with van der Waals surface area (Å²) in [7, 11) is 3.98. The molecule has 0 bridgehead atoms. The van der Waals surface area contributed by atoms with Gasteiger partial charge in [-0.3, -0.25) is 4.79 Å². The summed E-state index contributed by atoms with van der Waals surface area (Å²) in [5.41, 5.74) is 0.970. The lowest BCUT2D eigenvalue weighted by atomic mass is 10.3. The molecule has 8 heteroatoms. The van der Waals surface area contributed by atoms with Crippen LogP contribution in [0, 0.1) is 0 Å². The Morgan fingerprint density at radius 3 is 2.42 bits per heavy atom. The van der Waals surface area contributed by atoms with Crippen molar-refractivity contribution in [2.24, 2.45) is 0 Å². The third-order valence-corrected chi connectivity index (χ3v) is 3.54. The Kier molecular flexibility index (Phi) is 6.78. The van der Waals surface area contributed by atoms with Crippen LogP contribution in [0.2, 0.25) is 10.0 Å². The second kappa shape index (κ2) is 8.82. The molecule has 0 radical (unpaired) electrons. The smallest absolute Gasteiger partial charge is 0.271 e. The maximum atomic E-state index is 12.0. The molecule has 0 atom stereocenters. The number of benzene rings is 1. The largest absolute Gasteiger partial charge is 0.351 e. The van der Waals surface area contributed by atoms with Crippen molar-refractivity contribution in [2.45, 2.75) is 6.42 Å². The van der Waals surface area contributed by atoms with E-state index in [0.29, 0.717) is 28.1 Å². The van der Waals surface area contributed by atoms with Crippen LogP contribution in [0.5, 0.6) is 0 Å². The Morgan fingerprint density at radius 2 is 1.83 bits per heavy atom. The molecule has 128 valence electrons. The van der Waals surface area contributed by atoms with Crippen molar-refractivity contribution >= 4 is 40.6 Å². The van der Waals surface area contributed by atoms with Gasteiger partial charge in [0.05, 0.1) is 0 Å². The van der Waals surface area contributed by atoms with Crippen LogP contribution >= 0.6 is 23.2 Å². The average Bonchev–Trinajstić information content (AvgIpc) is 2.51. The van der Waals surface area contributed by atoms with E-state index in [9.17, 15) is 4.79 Å². The van der Waals surface area contributed by atoms with E-state index in [-0.39, 0.29) is 11.6 Å². The predicted octanol–water partition coefficient (Wildman–Crippen LogP) is 3.21. The monoisotopic (exact) mass is 367 g/mol. The van der Waals surface area contributed by atoms with Crippen LogP contribution in [-0.2, 0) is 0 Å². The van der Waals surface area contributed by atoms with Crippen LogP contribution in [0.15, 0.2) is 30.3 Å². The first-order chi connectivity index (χ1) is 11.4. The van der Waals surface area contributed by atoms with Crippen molar-refractivity contribution < 1.29 is 4.79 Å². The third-order valence-electron chi connectivity index (χ3n) is 3.10. The number of nitrogens with one attached hydrogen (secondary N) is 2. The summed E-state index contributed by atoms with van der Waals surface area (Å²) in [6.45, 7) is 1.51. The van der Waals surface area contributed by atoms with Gasteiger partial charge in [-0.15, -0.1) is 10.2 Å². The van der Waals surface area contributed by atoms with Crippen LogP contribution < -0.4 is 10.6 Å². The van der Waals surface area contributed by atoms with Gasteiger partial charge in [-0.1, -0.05) is 23.2 Å². The zero-order valence-corrected chi connectivity index (χ0v) is 15.0. The number of halogens is 2. The standard InChI is InChI=1S/C16H19Cl2N5O/c1-23(2)7-3-6-19-16(24)14-4-5-15(22-21-14)20-13-9-11(17)8-12(18)10-13/h4-5,8-10H,3,6-7H2,1-2H3,(H,19,24)(H,20,22). The molecule has 0 fully saturated rings. The SMILES string of the molecule is CN(C)CCCNC(=O)c1ccc(Nc2cc(Cl)cc(Cl)c2)nn1. The second-order valence-corrected chi connectivity index (χ2v) is 6.37. The number of aromatic nitrogens is 2. The van der Waals surface area contributed by atoms with Gasteiger partial charge in [0.1, 0.15) is 0 Å². The minimum absolute atomic E-state index is 0.237. The summed E-state index contributed by atoms with van der Waals surface area (Å²) >= 11 is 11.9. The molecule has 2 aromatic rings. The Morgan fingerprint density at radius 1 is 1.12 bits per heavy atom. The van der Waals surface area contributed by atoms with E-state index < -0.39 is 0 Å². The highest BCUT2D eigenvalue weighted by Crippen LogP contribution is 2.24. The maximum Gasteiger partial charge on any atom is 0.271 e. The molecule has 0 aliphatic carbocycles. The maximum absolute atomic E-state index is 12.0. The van der Waals surface area contributed by atoms with Gasteiger partial charge in [0.25, 0.3) is 5.91 Å². The molecule has 1 heterocycles. The van der Waals surface area contributed by atoms with Crippen molar-refractivity contribution in [3.8, 4) is 0 Å². The molecule has 0 aliphatic heterocycles. The minimum Gasteiger partial charge on any atom is -0.351 e. The molecule has 0 spiro atoms. The summed E-state index contributed by atoms with van der Waals surface area (Å²) in [4.78, 5) is 14.0. The predicted molar refractivity (Wildman–Crippen MR) is 97.3 cm³/mol. The first kappa shape index (κ1) is 18.4. The first-order valence-electron chi connectivity index (χ1n) is 7.44. The highest BCUT2D eigenvalue weighted by Gasteiger charge is 2.08. The van der Waals surface area contributed by atoms with Gasteiger partial charge in [0, 0.05) is 22.3 Å². The van der Waals surface area contributed by atoms with Crippen molar-refractivity contribution in [3.05, 3.63) is 46.1 Å². The molecule has 6 nitrogen and oxygen atoms in total. The van der Waals surface area contributed by atoms with Crippen molar-refractivity contribution in [1.29, 1.82) is 0 Å². The fraction of sp³-hybridized carbons (Fsp3) is 0.312. The fourth-order valence-electron chi connectivity index (χ4n) is 1.98. The molecule has 0 saturated heterocycles. The molecule has 1 aromatic heterocycles. The van der Waals surface area contributed by atoms with E-state index in [1.165, 1.54) is 0 Å². The Hall–Kier alpha value is -1.89. The molecule has 24 heavy (non-hydrogen) atoms. The van der Waals surface area contributed by atoms with Gasteiger partial charge < -0.3 is 15.5 Å². The minimum atomic E-state index is -0.237. The Labute approximate surface area is 151 Å². The topological polar surface area (TPSA) is 70.2 Å². The van der Waals surface area contributed by atoms with E-state index in [2.05, 4.69) is 25.7 Å². The summed E-state index contributed by atoms with van der Waals surface area (Å²) in [6.07, 6.45) is 0.876. The summed E-state index contributed by atoms with van der Waals surface area (Å²) in [5, 5.41) is 14.8. The summed E-state index contributed by atoms with van der Waals surface area (Å²) in [5.74, 6) is 0.260. The molecule has 2 rings (SSSR count). The van der Waals surface area contributed by atoms with E-state index >= 15 is 0 Å². The molecule has 0 unspecified atom stereocenters. The Balaban J connectivity index is 1.91. The summed E-state index contributed by atoms with van der Waals surface area (Å²) in [6, 6.07) is 8.38. The van der Waals surface area contributed by atoms with E-state index in [0.717, 1.165) is 13.0 Å². The van der Waals surface area contributed by atoms with Crippen molar-refractivity contribution in [1.82, 2.24) is 20.4 Å². The molecule has 0 saturated carbocycles. The quantitative estimate of drug-likeness (QED) is 0.735. The van der Waals surface area contributed by atoms with Gasteiger partial charge >= 0.3 is 0 Å². The normalized spacial score (nSPS) is 10.7. The number of carbonyl (C=O) groups excluding carboxylic acids is 1. The van der Waals surface area contributed by atoms with Crippen LogP contribution in [0.1, 0.15) is 16.9 Å². The lowest BCUT2D eigenvalue weighted by Gasteiger charge is -2.10. The number of anilines is 2. The van der Waals surface area contributed by atoms with Gasteiger partial charge in [-0.05, 0) is 57.4 Å². The van der Waals surface area contributed by atoms with Gasteiger partial charge in [0.15, 0.2) is 11.5 Å².